The summed E-state index contributed by atoms with van der Waals surface area (Å²) in [7, 11) is 0. The van der Waals surface area contributed by atoms with Crippen molar-refractivity contribution in [2.24, 2.45) is 0 Å². The van der Waals surface area contributed by atoms with Gasteiger partial charge in [0.25, 0.3) is 5.91 Å². The number of benzene rings is 2. The van der Waals surface area contributed by atoms with Crippen LogP contribution in [0.2, 0.25) is 0 Å². The van der Waals surface area contributed by atoms with Crippen LogP contribution in [0.4, 0.5) is 24.5 Å². The van der Waals surface area contributed by atoms with Gasteiger partial charge in [0, 0.05) is 46.9 Å². The number of nitrogens with one attached hydrogen (secondary N) is 1. The second-order valence-electron chi connectivity index (χ2n) is 7.06. The second kappa shape index (κ2) is 8.10. The monoisotopic (exact) mass is 475 g/mol. The third-order valence-electron chi connectivity index (χ3n) is 4.92. The lowest BCUT2D eigenvalue weighted by Gasteiger charge is -2.20. The Kier molecular flexibility index (Phi) is 5.51. The van der Waals surface area contributed by atoms with Crippen molar-refractivity contribution in [2.45, 2.75) is 19.1 Å². The zero-order chi connectivity index (χ0) is 21.3. The van der Waals surface area contributed by atoms with Gasteiger partial charge in [0.15, 0.2) is 0 Å². The Balaban J connectivity index is 1.53. The molecule has 4 rings (SSSR count). The molecule has 2 heterocycles. The minimum atomic E-state index is -4.46. The van der Waals surface area contributed by atoms with E-state index in [4.69, 9.17) is 0 Å². The molecule has 1 aliphatic rings. The predicted octanol–water partition coefficient (Wildman–Crippen LogP) is 5.68. The van der Waals surface area contributed by atoms with Crippen LogP contribution in [-0.2, 0) is 19.1 Å². The summed E-state index contributed by atoms with van der Waals surface area (Å²) in [6.45, 7) is 1.47. The van der Waals surface area contributed by atoms with Crippen LogP contribution >= 0.6 is 15.9 Å². The van der Waals surface area contributed by atoms with Crippen LogP contribution in [-0.4, -0.2) is 17.4 Å². The number of amides is 1. The Morgan fingerprint density at radius 3 is 2.73 bits per heavy atom. The van der Waals surface area contributed by atoms with E-state index in [1.807, 2.05) is 12.1 Å². The zero-order valence-corrected chi connectivity index (χ0v) is 17.3. The average molecular weight is 476 g/mol. The number of nitrogens with zero attached hydrogens (tertiary/aromatic N) is 2. The fourth-order valence-corrected chi connectivity index (χ4v) is 3.90. The number of halogens is 4. The number of alkyl halides is 3. The number of fused-ring (bicyclic) bond motifs is 1. The lowest BCUT2D eigenvalue weighted by Crippen LogP contribution is -2.20. The number of carbonyl (C=O) groups excluding carboxylic acids is 1. The number of rotatable bonds is 4. The maximum absolute atomic E-state index is 12.9. The summed E-state index contributed by atoms with van der Waals surface area (Å²) < 4.78 is 39.6. The average Bonchev–Trinajstić information content (AvgIpc) is 3.09. The number of aromatic nitrogens is 1. The maximum Gasteiger partial charge on any atom is 0.416 e. The Morgan fingerprint density at radius 1 is 1.13 bits per heavy atom. The molecule has 3 aromatic rings. The summed E-state index contributed by atoms with van der Waals surface area (Å²) >= 11 is 3.42. The highest BCUT2D eigenvalue weighted by atomic mass is 79.9. The van der Waals surface area contributed by atoms with Crippen LogP contribution in [0.3, 0.4) is 0 Å². The van der Waals surface area contributed by atoms with Gasteiger partial charge >= 0.3 is 6.18 Å². The van der Waals surface area contributed by atoms with Gasteiger partial charge in [0.2, 0.25) is 0 Å². The van der Waals surface area contributed by atoms with Crippen molar-refractivity contribution >= 4 is 33.2 Å². The van der Waals surface area contributed by atoms with Crippen LogP contribution in [0.1, 0.15) is 27.0 Å². The van der Waals surface area contributed by atoms with E-state index in [9.17, 15) is 18.0 Å². The van der Waals surface area contributed by atoms with E-state index in [1.165, 1.54) is 12.1 Å². The highest BCUT2D eigenvalue weighted by molar-refractivity contribution is 9.10. The number of anilines is 2. The molecule has 1 aliphatic heterocycles. The number of pyridine rings is 1. The molecule has 30 heavy (non-hydrogen) atoms. The molecule has 0 saturated heterocycles. The van der Waals surface area contributed by atoms with Gasteiger partial charge in [-0.15, -0.1) is 0 Å². The van der Waals surface area contributed by atoms with Crippen molar-refractivity contribution in [3.63, 3.8) is 0 Å². The molecule has 0 fully saturated rings. The minimum Gasteiger partial charge on any atom is -0.367 e. The molecule has 1 N–H and O–H groups in total. The molecule has 1 amide bonds. The molecular weight excluding hydrogens is 459 g/mol. The summed E-state index contributed by atoms with van der Waals surface area (Å²) in [5.74, 6) is -0.451. The van der Waals surface area contributed by atoms with Gasteiger partial charge in [0.05, 0.1) is 5.56 Å². The van der Waals surface area contributed by atoms with E-state index >= 15 is 0 Å². The predicted molar refractivity (Wildman–Crippen MR) is 113 cm³/mol. The summed E-state index contributed by atoms with van der Waals surface area (Å²) in [6, 6.07) is 12.0. The topological polar surface area (TPSA) is 45.2 Å². The van der Waals surface area contributed by atoms with Crippen molar-refractivity contribution in [2.75, 3.05) is 16.8 Å². The number of hydrogen-bond acceptors (Lipinski definition) is 3. The molecule has 0 radical (unpaired) electrons. The van der Waals surface area contributed by atoms with Crippen LogP contribution in [0.15, 0.2) is 65.4 Å². The molecule has 1 aromatic heterocycles. The van der Waals surface area contributed by atoms with Crippen molar-refractivity contribution in [1.82, 2.24) is 4.98 Å². The fraction of sp³-hybridized carbons (Fsp3) is 0.182. The van der Waals surface area contributed by atoms with Crippen LogP contribution < -0.4 is 10.2 Å². The summed E-state index contributed by atoms with van der Waals surface area (Å²) in [5, 5.41) is 2.56. The smallest absolute Gasteiger partial charge is 0.367 e. The van der Waals surface area contributed by atoms with Gasteiger partial charge in [0.1, 0.15) is 0 Å². The van der Waals surface area contributed by atoms with Gasteiger partial charge in [-0.25, -0.2) is 0 Å². The molecule has 0 spiro atoms. The van der Waals surface area contributed by atoms with E-state index < -0.39 is 17.6 Å². The van der Waals surface area contributed by atoms with E-state index in [0.29, 0.717) is 12.1 Å². The van der Waals surface area contributed by atoms with Crippen molar-refractivity contribution in [1.29, 1.82) is 0 Å². The quantitative estimate of drug-likeness (QED) is 0.527. The van der Waals surface area contributed by atoms with Gasteiger partial charge in [-0.3, -0.25) is 9.78 Å². The SMILES string of the molecule is O=C(Nc1cccc(C(F)(F)F)c1)c1ccc2c(c1)N(Cc1cncc(Br)c1)CC2. The summed E-state index contributed by atoms with van der Waals surface area (Å²) in [5.41, 5.74) is 2.82. The third kappa shape index (κ3) is 4.48. The van der Waals surface area contributed by atoms with Gasteiger partial charge in [-0.05, 0) is 69.9 Å². The lowest BCUT2D eigenvalue weighted by molar-refractivity contribution is -0.137. The van der Waals surface area contributed by atoms with Gasteiger partial charge < -0.3 is 10.2 Å². The van der Waals surface area contributed by atoms with E-state index in [1.54, 1.807) is 24.5 Å². The molecule has 0 saturated carbocycles. The standard InChI is InChI=1S/C22H17BrF3N3O/c23-18-8-14(11-27-12-18)13-29-7-6-15-4-5-16(9-20(15)29)21(30)28-19-3-1-2-17(10-19)22(24,25)26/h1-5,8-12H,6-7,13H2,(H,28,30). The maximum atomic E-state index is 12.9. The molecule has 0 atom stereocenters. The lowest BCUT2D eigenvalue weighted by atomic mass is 10.1. The molecule has 0 unspecified atom stereocenters. The third-order valence-corrected chi connectivity index (χ3v) is 5.36. The highest BCUT2D eigenvalue weighted by Gasteiger charge is 2.30. The fourth-order valence-electron chi connectivity index (χ4n) is 3.49. The Hall–Kier alpha value is -2.87. The van der Waals surface area contributed by atoms with Crippen LogP contribution in [0.5, 0.6) is 0 Å². The van der Waals surface area contributed by atoms with Crippen LogP contribution in [0, 0.1) is 0 Å². The molecule has 4 nitrogen and oxygen atoms in total. The van der Waals surface area contributed by atoms with Crippen molar-refractivity contribution in [3.05, 3.63) is 87.7 Å². The van der Waals surface area contributed by atoms with E-state index in [0.717, 1.165) is 46.4 Å². The molecular formula is C22H17BrF3N3O. The Morgan fingerprint density at radius 2 is 1.97 bits per heavy atom. The molecule has 0 aliphatic carbocycles. The van der Waals surface area contributed by atoms with E-state index in [2.05, 4.69) is 31.1 Å². The molecule has 8 heteroatoms. The molecule has 0 bridgehead atoms. The summed E-state index contributed by atoms with van der Waals surface area (Å²) in [4.78, 5) is 19.0. The number of hydrogen-bond donors (Lipinski definition) is 1. The van der Waals surface area contributed by atoms with Crippen LogP contribution in [0.25, 0.3) is 0 Å². The first kappa shape index (κ1) is 20.4. The first-order valence-electron chi connectivity index (χ1n) is 9.25. The van der Waals surface area contributed by atoms with E-state index in [-0.39, 0.29) is 5.69 Å². The van der Waals surface area contributed by atoms with Gasteiger partial charge in [-0.1, -0.05) is 12.1 Å². The minimum absolute atomic E-state index is 0.104. The first-order chi connectivity index (χ1) is 14.3. The summed E-state index contributed by atoms with van der Waals surface area (Å²) in [6.07, 6.45) is -0.0764. The highest BCUT2D eigenvalue weighted by Crippen LogP contribution is 2.32. The van der Waals surface area contributed by atoms with Gasteiger partial charge in [-0.2, -0.15) is 13.2 Å². The first-order valence-corrected chi connectivity index (χ1v) is 10.0. The second-order valence-corrected chi connectivity index (χ2v) is 7.97. The Bertz CT molecular complexity index is 1100. The normalized spacial score (nSPS) is 13.3. The molecule has 2 aromatic carbocycles. The number of carbonyl (C=O) groups is 1. The zero-order valence-electron chi connectivity index (χ0n) is 15.7. The molecule has 154 valence electrons. The largest absolute Gasteiger partial charge is 0.416 e. The Labute approximate surface area is 179 Å². The van der Waals surface area contributed by atoms with Crippen molar-refractivity contribution in [3.8, 4) is 0 Å². The van der Waals surface area contributed by atoms with Crippen molar-refractivity contribution < 1.29 is 18.0 Å².